The first-order chi connectivity index (χ1) is 11.6. The van der Waals surface area contributed by atoms with E-state index < -0.39 is 29.5 Å². The van der Waals surface area contributed by atoms with Crippen molar-refractivity contribution >= 4 is 23.9 Å². The van der Waals surface area contributed by atoms with E-state index in [9.17, 15) is 19.2 Å². The Kier molecular flexibility index (Phi) is 10.2. The summed E-state index contributed by atoms with van der Waals surface area (Å²) < 4.78 is 14.6. The lowest BCUT2D eigenvalue weighted by Gasteiger charge is -2.22. The van der Waals surface area contributed by atoms with Crippen molar-refractivity contribution < 1.29 is 33.4 Å². The van der Waals surface area contributed by atoms with Gasteiger partial charge in [0, 0.05) is 13.0 Å². The molecule has 0 heterocycles. The highest BCUT2D eigenvalue weighted by atomic mass is 16.6. The molecule has 25 heavy (non-hydrogen) atoms. The third kappa shape index (κ3) is 11.8. The fraction of sp³-hybridized carbons (Fsp3) is 0.750. The van der Waals surface area contributed by atoms with Crippen LogP contribution in [0.5, 0.6) is 0 Å². The predicted octanol–water partition coefficient (Wildman–Crippen LogP) is 0.856. The molecule has 1 N–H and O–H groups in total. The van der Waals surface area contributed by atoms with Crippen LogP contribution in [0.25, 0.3) is 0 Å². The first kappa shape index (κ1) is 22.7. The maximum Gasteiger partial charge on any atom is 0.407 e. The SMILES string of the molecule is CCOC(=O)CN(CC(=O)OCC)C(=O)CCNC(=O)OC(C)(C)C. The molecule has 144 valence electrons. The van der Waals surface area contributed by atoms with Gasteiger partial charge in [-0.3, -0.25) is 14.4 Å². The predicted molar refractivity (Wildman–Crippen MR) is 88.7 cm³/mol. The van der Waals surface area contributed by atoms with Gasteiger partial charge in [-0.05, 0) is 34.6 Å². The van der Waals surface area contributed by atoms with Crippen LogP contribution in [0.4, 0.5) is 4.79 Å². The standard InChI is InChI=1S/C16H28N2O7/c1-6-23-13(20)10-18(11-14(21)24-7-2)12(19)8-9-17-15(22)25-16(3,4)5/h6-11H2,1-5H3,(H,17,22). The third-order valence-electron chi connectivity index (χ3n) is 2.61. The van der Waals surface area contributed by atoms with Gasteiger partial charge in [0.2, 0.25) is 5.91 Å². The number of nitrogens with zero attached hydrogens (tertiary/aromatic N) is 1. The van der Waals surface area contributed by atoms with Crippen molar-refractivity contribution in [3.05, 3.63) is 0 Å². The van der Waals surface area contributed by atoms with Crippen LogP contribution in [0.3, 0.4) is 0 Å². The van der Waals surface area contributed by atoms with Gasteiger partial charge >= 0.3 is 18.0 Å². The molecule has 0 aromatic carbocycles. The molecule has 0 unspecified atom stereocenters. The van der Waals surface area contributed by atoms with Crippen LogP contribution in [0, 0.1) is 0 Å². The Hall–Kier alpha value is -2.32. The molecule has 9 nitrogen and oxygen atoms in total. The van der Waals surface area contributed by atoms with E-state index in [1.54, 1.807) is 34.6 Å². The summed E-state index contributed by atoms with van der Waals surface area (Å²) in [6, 6.07) is 0. The summed E-state index contributed by atoms with van der Waals surface area (Å²) in [5.41, 5.74) is -0.645. The number of alkyl carbamates (subject to hydrolysis) is 1. The molecule has 9 heteroatoms. The number of amides is 2. The van der Waals surface area contributed by atoms with Gasteiger partial charge in [-0.25, -0.2) is 4.79 Å². The lowest BCUT2D eigenvalue weighted by atomic mass is 10.2. The molecule has 0 aliphatic heterocycles. The van der Waals surface area contributed by atoms with E-state index in [0.717, 1.165) is 4.90 Å². The summed E-state index contributed by atoms with van der Waals surface area (Å²) in [6.07, 6.45) is -0.749. The van der Waals surface area contributed by atoms with E-state index in [1.165, 1.54) is 0 Å². The largest absolute Gasteiger partial charge is 0.465 e. The van der Waals surface area contributed by atoms with Gasteiger partial charge < -0.3 is 24.4 Å². The topological polar surface area (TPSA) is 111 Å². The van der Waals surface area contributed by atoms with E-state index in [1.807, 2.05) is 0 Å². The molecule has 0 saturated carbocycles. The summed E-state index contributed by atoms with van der Waals surface area (Å²) in [6.45, 7) is 8.06. The monoisotopic (exact) mass is 360 g/mol. The highest BCUT2D eigenvalue weighted by Gasteiger charge is 2.22. The van der Waals surface area contributed by atoms with Gasteiger partial charge in [0.25, 0.3) is 0 Å². The molecule has 0 aliphatic carbocycles. The molecule has 0 fully saturated rings. The summed E-state index contributed by atoms with van der Waals surface area (Å²) in [5, 5.41) is 2.44. The Morgan fingerprint density at radius 2 is 1.40 bits per heavy atom. The van der Waals surface area contributed by atoms with Crippen LogP contribution in [-0.2, 0) is 28.6 Å². The van der Waals surface area contributed by atoms with E-state index >= 15 is 0 Å². The van der Waals surface area contributed by atoms with Crippen molar-refractivity contribution in [1.29, 1.82) is 0 Å². The van der Waals surface area contributed by atoms with Gasteiger partial charge in [-0.1, -0.05) is 0 Å². The highest BCUT2D eigenvalue weighted by Crippen LogP contribution is 2.06. The molecule has 0 atom stereocenters. The zero-order valence-electron chi connectivity index (χ0n) is 15.5. The van der Waals surface area contributed by atoms with Crippen LogP contribution >= 0.6 is 0 Å². The Labute approximate surface area is 148 Å². The third-order valence-corrected chi connectivity index (χ3v) is 2.61. The Morgan fingerprint density at radius 1 is 0.920 bits per heavy atom. The smallest absolute Gasteiger partial charge is 0.407 e. The number of ether oxygens (including phenoxy) is 3. The number of nitrogens with one attached hydrogen (secondary N) is 1. The zero-order chi connectivity index (χ0) is 19.5. The van der Waals surface area contributed by atoms with Gasteiger partial charge in [0.15, 0.2) is 0 Å². The molecule has 0 aliphatic rings. The maximum atomic E-state index is 12.2. The molecule has 0 saturated heterocycles. The van der Waals surface area contributed by atoms with Gasteiger partial charge in [0.1, 0.15) is 18.7 Å². The normalized spacial score (nSPS) is 10.6. The van der Waals surface area contributed by atoms with E-state index in [-0.39, 0.29) is 39.3 Å². The van der Waals surface area contributed by atoms with Crippen molar-refractivity contribution in [2.75, 3.05) is 32.8 Å². The fourth-order valence-corrected chi connectivity index (χ4v) is 1.70. The summed E-state index contributed by atoms with van der Waals surface area (Å²) in [4.78, 5) is 47.9. The zero-order valence-corrected chi connectivity index (χ0v) is 15.5. The van der Waals surface area contributed by atoms with E-state index in [0.29, 0.717) is 0 Å². The van der Waals surface area contributed by atoms with Crippen molar-refractivity contribution in [1.82, 2.24) is 10.2 Å². The number of hydrogen-bond donors (Lipinski definition) is 1. The van der Waals surface area contributed by atoms with Crippen LogP contribution < -0.4 is 5.32 Å². The second kappa shape index (κ2) is 11.3. The van der Waals surface area contributed by atoms with Gasteiger partial charge in [0.05, 0.1) is 13.2 Å². The minimum absolute atomic E-state index is 0.00982. The summed E-state index contributed by atoms with van der Waals surface area (Å²) >= 11 is 0. The average molecular weight is 360 g/mol. The van der Waals surface area contributed by atoms with Crippen molar-refractivity contribution in [3.63, 3.8) is 0 Å². The molecular formula is C16H28N2O7. The quantitative estimate of drug-likeness (QED) is 0.479. The van der Waals surface area contributed by atoms with Crippen molar-refractivity contribution in [2.45, 2.75) is 46.6 Å². The minimum atomic E-state index is -0.650. The molecule has 0 rings (SSSR count). The first-order valence-corrected chi connectivity index (χ1v) is 8.14. The lowest BCUT2D eigenvalue weighted by molar-refractivity contribution is -0.154. The second-order valence-electron chi connectivity index (χ2n) is 6.04. The number of rotatable bonds is 9. The number of esters is 2. The lowest BCUT2D eigenvalue weighted by Crippen LogP contribution is -2.42. The first-order valence-electron chi connectivity index (χ1n) is 8.14. The number of carbonyl (C=O) groups excluding carboxylic acids is 4. The maximum absolute atomic E-state index is 12.2. The van der Waals surface area contributed by atoms with Crippen LogP contribution in [0.1, 0.15) is 41.0 Å². The molecule has 0 bridgehead atoms. The number of carbonyl (C=O) groups is 4. The minimum Gasteiger partial charge on any atom is -0.465 e. The Balaban J connectivity index is 4.56. The number of hydrogen-bond acceptors (Lipinski definition) is 7. The Bertz CT molecular complexity index is 452. The molecule has 2 amide bonds. The van der Waals surface area contributed by atoms with Gasteiger partial charge in [-0.15, -0.1) is 0 Å². The molecule has 0 aromatic rings. The van der Waals surface area contributed by atoms with Crippen LogP contribution in [0.15, 0.2) is 0 Å². The van der Waals surface area contributed by atoms with Crippen LogP contribution in [-0.4, -0.2) is 67.3 Å². The molecule has 0 radical (unpaired) electrons. The fourth-order valence-electron chi connectivity index (χ4n) is 1.70. The molecule has 0 aromatic heterocycles. The van der Waals surface area contributed by atoms with Crippen molar-refractivity contribution in [2.24, 2.45) is 0 Å². The summed E-state index contributed by atoms with van der Waals surface area (Å²) in [7, 11) is 0. The van der Waals surface area contributed by atoms with Gasteiger partial charge in [-0.2, -0.15) is 0 Å². The average Bonchev–Trinajstić information content (AvgIpc) is 2.45. The highest BCUT2D eigenvalue weighted by molar-refractivity contribution is 5.86. The van der Waals surface area contributed by atoms with E-state index in [4.69, 9.17) is 14.2 Å². The van der Waals surface area contributed by atoms with Crippen molar-refractivity contribution in [3.8, 4) is 0 Å². The summed E-state index contributed by atoms with van der Waals surface area (Å²) in [5.74, 6) is -1.74. The Morgan fingerprint density at radius 3 is 1.80 bits per heavy atom. The molecular weight excluding hydrogens is 332 g/mol. The second-order valence-corrected chi connectivity index (χ2v) is 6.04. The van der Waals surface area contributed by atoms with E-state index in [2.05, 4.69) is 5.32 Å². The molecule has 0 spiro atoms. The van der Waals surface area contributed by atoms with Crippen LogP contribution in [0.2, 0.25) is 0 Å².